The summed E-state index contributed by atoms with van der Waals surface area (Å²) in [5, 5.41) is 0. The molecule has 3 rings (SSSR count). The fourth-order valence-corrected chi connectivity index (χ4v) is 3.69. The molecule has 0 bridgehead atoms. The van der Waals surface area contributed by atoms with Gasteiger partial charge in [-0.1, -0.05) is 6.92 Å². The molecule has 2 aromatic rings. The van der Waals surface area contributed by atoms with Crippen LogP contribution in [0.1, 0.15) is 48.5 Å². The SMILES string of the molecule is CC[C@H]1c2cccn2CCN1C(=O)CCc1c(C)nc(=O)[nH]c1C. The van der Waals surface area contributed by atoms with Gasteiger partial charge in [-0.3, -0.25) is 4.79 Å². The number of nitrogens with one attached hydrogen (secondary N) is 1. The molecule has 0 aromatic carbocycles. The minimum absolute atomic E-state index is 0.150. The molecule has 0 saturated carbocycles. The third-order valence-corrected chi connectivity index (χ3v) is 4.91. The number of hydrogen-bond acceptors (Lipinski definition) is 3. The van der Waals surface area contributed by atoms with E-state index in [1.54, 1.807) is 0 Å². The van der Waals surface area contributed by atoms with Gasteiger partial charge in [0.15, 0.2) is 0 Å². The lowest BCUT2D eigenvalue weighted by molar-refractivity contribution is -0.134. The number of aromatic nitrogens is 3. The number of fused-ring (bicyclic) bond motifs is 1. The van der Waals surface area contributed by atoms with Crippen molar-refractivity contribution in [3.63, 3.8) is 0 Å². The zero-order valence-corrected chi connectivity index (χ0v) is 14.5. The molecule has 6 nitrogen and oxygen atoms in total. The topological polar surface area (TPSA) is 71.0 Å². The molecule has 6 heteroatoms. The van der Waals surface area contributed by atoms with E-state index in [0.717, 1.165) is 30.8 Å². The van der Waals surface area contributed by atoms with Gasteiger partial charge in [0, 0.05) is 42.8 Å². The second-order valence-electron chi connectivity index (χ2n) is 6.37. The molecule has 3 heterocycles. The summed E-state index contributed by atoms with van der Waals surface area (Å²) in [5.41, 5.74) is 3.37. The number of aromatic amines is 1. The molecular weight excluding hydrogens is 304 g/mol. The molecule has 1 aliphatic rings. The Morgan fingerprint density at radius 3 is 2.88 bits per heavy atom. The van der Waals surface area contributed by atoms with Crippen molar-refractivity contribution in [3.8, 4) is 0 Å². The van der Waals surface area contributed by atoms with E-state index in [2.05, 4.69) is 33.7 Å². The summed E-state index contributed by atoms with van der Waals surface area (Å²) >= 11 is 0. The summed E-state index contributed by atoms with van der Waals surface area (Å²) < 4.78 is 2.23. The third-order valence-electron chi connectivity index (χ3n) is 4.91. The van der Waals surface area contributed by atoms with Gasteiger partial charge in [0.25, 0.3) is 0 Å². The maximum Gasteiger partial charge on any atom is 0.345 e. The van der Waals surface area contributed by atoms with Crippen molar-refractivity contribution in [2.45, 2.75) is 52.6 Å². The highest BCUT2D eigenvalue weighted by molar-refractivity contribution is 5.77. The normalized spacial score (nSPS) is 17.0. The second kappa shape index (κ2) is 6.63. The van der Waals surface area contributed by atoms with E-state index in [1.807, 2.05) is 24.8 Å². The van der Waals surface area contributed by atoms with E-state index in [1.165, 1.54) is 5.69 Å². The summed E-state index contributed by atoms with van der Waals surface area (Å²) in [7, 11) is 0. The van der Waals surface area contributed by atoms with Crippen molar-refractivity contribution in [1.82, 2.24) is 19.4 Å². The molecule has 0 fully saturated rings. The van der Waals surface area contributed by atoms with E-state index in [4.69, 9.17) is 0 Å². The monoisotopic (exact) mass is 328 g/mol. The number of carbonyl (C=O) groups excluding carboxylic acids is 1. The van der Waals surface area contributed by atoms with Crippen LogP contribution in [0.4, 0.5) is 0 Å². The standard InChI is InChI=1S/C18H24N4O2/c1-4-15-16-6-5-9-21(16)10-11-22(15)17(23)8-7-14-12(2)19-18(24)20-13(14)3/h5-6,9,15H,4,7-8,10-11H2,1-3H3,(H,19,20,24)/t15-/m0/s1. The predicted octanol–water partition coefficient (Wildman–Crippen LogP) is 2.11. The molecular formula is C18H24N4O2. The first-order valence-electron chi connectivity index (χ1n) is 8.52. The van der Waals surface area contributed by atoms with Crippen LogP contribution in [0, 0.1) is 13.8 Å². The molecule has 1 amide bonds. The molecule has 0 saturated heterocycles. The quantitative estimate of drug-likeness (QED) is 0.934. The number of hydrogen-bond donors (Lipinski definition) is 1. The first-order chi connectivity index (χ1) is 11.5. The summed E-state index contributed by atoms with van der Waals surface area (Å²) in [4.78, 5) is 32.8. The van der Waals surface area contributed by atoms with E-state index >= 15 is 0 Å². The Bertz CT molecular complexity index is 779. The highest BCUT2D eigenvalue weighted by atomic mass is 16.2. The van der Waals surface area contributed by atoms with Gasteiger partial charge in [-0.2, -0.15) is 4.98 Å². The van der Waals surface area contributed by atoms with Gasteiger partial charge in [0.05, 0.1) is 6.04 Å². The Morgan fingerprint density at radius 2 is 2.17 bits per heavy atom. The third kappa shape index (κ3) is 3.00. The zero-order chi connectivity index (χ0) is 17.3. The first kappa shape index (κ1) is 16.5. The van der Waals surface area contributed by atoms with Gasteiger partial charge < -0.3 is 14.5 Å². The van der Waals surface area contributed by atoms with E-state index in [0.29, 0.717) is 18.5 Å². The highest BCUT2D eigenvalue weighted by Crippen LogP contribution is 2.29. The average Bonchev–Trinajstić information content (AvgIpc) is 3.01. The molecule has 1 atom stereocenters. The Morgan fingerprint density at radius 1 is 1.38 bits per heavy atom. The number of H-pyrrole nitrogens is 1. The Balaban J connectivity index is 1.73. The van der Waals surface area contributed by atoms with Gasteiger partial charge in [-0.25, -0.2) is 4.79 Å². The molecule has 128 valence electrons. The zero-order valence-electron chi connectivity index (χ0n) is 14.5. The van der Waals surface area contributed by atoms with Crippen molar-refractivity contribution >= 4 is 5.91 Å². The number of rotatable bonds is 4. The van der Waals surface area contributed by atoms with Crippen LogP contribution < -0.4 is 5.69 Å². The Kier molecular flexibility index (Phi) is 4.55. The van der Waals surface area contributed by atoms with Crippen LogP contribution in [-0.2, 0) is 17.8 Å². The van der Waals surface area contributed by atoms with Crippen molar-refractivity contribution in [2.24, 2.45) is 0 Å². The summed E-state index contributed by atoms with van der Waals surface area (Å²) in [5.74, 6) is 0.166. The summed E-state index contributed by atoms with van der Waals surface area (Å²) in [6, 6.07) is 4.30. The van der Waals surface area contributed by atoms with E-state index in [-0.39, 0.29) is 17.6 Å². The molecule has 24 heavy (non-hydrogen) atoms. The number of amides is 1. The molecule has 0 aliphatic carbocycles. The molecule has 1 N–H and O–H groups in total. The summed E-state index contributed by atoms with van der Waals surface area (Å²) in [6.45, 7) is 7.40. The van der Waals surface area contributed by atoms with Crippen molar-refractivity contribution in [3.05, 3.63) is 51.5 Å². The van der Waals surface area contributed by atoms with Crippen molar-refractivity contribution in [1.29, 1.82) is 0 Å². The van der Waals surface area contributed by atoms with Gasteiger partial charge in [0.1, 0.15) is 0 Å². The van der Waals surface area contributed by atoms with Crippen LogP contribution in [0.2, 0.25) is 0 Å². The van der Waals surface area contributed by atoms with Crippen LogP contribution in [-0.4, -0.2) is 31.9 Å². The fourth-order valence-electron chi connectivity index (χ4n) is 3.69. The van der Waals surface area contributed by atoms with Crippen LogP contribution in [0.5, 0.6) is 0 Å². The summed E-state index contributed by atoms with van der Waals surface area (Å²) in [6.07, 6.45) is 4.04. The minimum Gasteiger partial charge on any atom is -0.348 e. The number of carbonyl (C=O) groups is 1. The van der Waals surface area contributed by atoms with E-state index in [9.17, 15) is 9.59 Å². The molecule has 0 radical (unpaired) electrons. The number of nitrogens with zero attached hydrogens (tertiary/aromatic N) is 3. The van der Waals surface area contributed by atoms with Crippen LogP contribution in [0.15, 0.2) is 23.1 Å². The lowest BCUT2D eigenvalue weighted by atomic mass is 10.0. The molecule has 1 aliphatic heterocycles. The lowest BCUT2D eigenvalue weighted by Crippen LogP contribution is -2.41. The Hall–Kier alpha value is -2.37. The molecule has 0 spiro atoms. The van der Waals surface area contributed by atoms with Crippen molar-refractivity contribution in [2.75, 3.05) is 6.54 Å². The highest BCUT2D eigenvalue weighted by Gasteiger charge is 2.29. The predicted molar refractivity (Wildman–Crippen MR) is 91.8 cm³/mol. The second-order valence-corrected chi connectivity index (χ2v) is 6.37. The lowest BCUT2D eigenvalue weighted by Gasteiger charge is -2.36. The van der Waals surface area contributed by atoms with Gasteiger partial charge in [0.2, 0.25) is 5.91 Å². The fraction of sp³-hybridized carbons (Fsp3) is 0.500. The Labute approximate surface area is 141 Å². The minimum atomic E-state index is -0.331. The molecule has 2 aromatic heterocycles. The van der Waals surface area contributed by atoms with Crippen LogP contribution in [0.25, 0.3) is 0 Å². The van der Waals surface area contributed by atoms with Gasteiger partial charge in [-0.05, 0) is 44.4 Å². The van der Waals surface area contributed by atoms with Crippen LogP contribution >= 0.6 is 0 Å². The smallest absolute Gasteiger partial charge is 0.345 e. The maximum atomic E-state index is 12.8. The molecule has 0 unspecified atom stereocenters. The van der Waals surface area contributed by atoms with Crippen molar-refractivity contribution < 1.29 is 4.79 Å². The average molecular weight is 328 g/mol. The van der Waals surface area contributed by atoms with E-state index < -0.39 is 0 Å². The van der Waals surface area contributed by atoms with Gasteiger partial charge >= 0.3 is 5.69 Å². The first-order valence-corrected chi connectivity index (χ1v) is 8.52. The number of aryl methyl sites for hydroxylation is 2. The van der Waals surface area contributed by atoms with Crippen LogP contribution in [0.3, 0.4) is 0 Å². The maximum absolute atomic E-state index is 12.8. The largest absolute Gasteiger partial charge is 0.348 e. The van der Waals surface area contributed by atoms with Gasteiger partial charge in [-0.15, -0.1) is 0 Å².